The van der Waals surface area contributed by atoms with Crippen LogP contribution in [-0.4, -0.2) is 13.1 Å². The molecule has 1 unspecified atom stereocenters. The van der Waals surface area contributed by atoms with Gasteiger partial charge in [0.2, 0.25) is 0 Å². The van der Waals surface area contributed by atoms with Gasteiger partial charge in [-0.3, -0.25) is 0 Å². The Kier molecular flexibility index (Phi) is 3.48. The Morgan fingerprint density at radius 2 is 2.00 bits per heavy atom. The third kappa shape index (κ3) is 1.98. The summed E-state index contributed by atoms with van der Waals surface area (Å²) in [6, 6.07) is 0. The lowest BCUT2D eigenvalue weighted by atomic mass is 9.67. The van der Waals surface area contributed by atoms with Gasteiger partial charge in [-0.15, -0.1) is 0 Å². The van der Waals surface area contributed by atoms with Gasteiger partial charge in [0.05, 0.1) is 0 Å². The van der Waals surface area contributed by atoms with Crippen LogP contribution in [0.1, 0.15) is 58.3 Å². The standard InChI is InChI=1S/C13H25N/c1-2-8-13(9-5-10-14-11-13)12-6-3-4-7-12/h12,14H,2-11H2,1H3. The van der Waals surface area contributed by atoms with E-state index in [9.17, 15) is 0 Å². The second kappa shape index (κ2) is 4.65. The van der Waals surface area contributed by atoms with Crippen LogP contribution in [0.4, 0.5) is 0 Å². The lowest BCUT2D eigenvalue weighted by molar-refractivity contribution is 0.102. The van der Waals surface area contributed by atoms with Crippen LogP contribution in [0, 0.1) is 11.3 Å². The van der Waals surface area contributed by atoms with Crippen molar-refractivity contribution >= 4 is 0 Å². The van der Waals surface area contributed by atoms with Crippen LogP contribution in [0.3, 0.4) is 0 Å². The molecule has 14 heavy (non-hydrogen) atoms. The van der Waals surface area contributed by atoms with E-state index in [4.69, 9.17) is 0 Å². The van der Waals surface area contributed by atoms with Crippen molar-refractivity contribution in [2.45, 2.75) is 58.3 Å². The average molecular weight is 195 g/mol. The number of hydrogen-bond acceptors (Lipinski definition) is 1. The Morgan fingerprint density at radius 3 is 2.57 bits per heavy atom. The monoisotopic (exact) mass is 195 g/mol. The molecule has 0 radical (unpaired) electrons. The lowest BCUT2D eigenvalue weighted by Crippen LogP contribution is -2.44. The molecular weight excluding hydrogens is 170 g/mol. The van der Waals surface area contributed by atoms with Crippen molar-refractivity contribution in [3.63, 3.8) is 0 Å². The zero-order valence-electron chi connectivity index (χ0n) is 9.65. The van der Waals surface area contributed by atoms with E-state index < -0.39 is 0 Å². The van der Waals surface area contributed by atoms with Gasteiger partial charge in [0, 0.05) is 6.54 Å². The van der Waals surface area contributed by atoms with E-state index in [0.29, 0.717) is 5.41 Å². The molecule has 0 amide bonds. The largest absolute Gasteiger partial charge is 0.316 e. The maximum atomic E-state index is 3.64. The highest BCUT2D eigenvalue weighted by molar-refractivity contribution is 4.92. The highest BCUT2D eigenvalue weighted by Crippen LogP contribution is 2.46. The van der Waals surface area contributed by atoms with E-state index in [1.807, 2.05) is 0 Å². The van der Waals surface area contributed by atoms with Crippen LogP contribution in [0.15, 0.2) is 0 Å². The summed E-state index contributed by atoms with van der Waals surface area (Å²) in [5.74, 6) is 1.05. The van der Waals surface area contributed by atoms with Crippen molar-refractivity contribution in [3.05, 3.63) is 0 Å². The number of rotatable bonds is 3. The lowest BCUT2D eigenvalue weighted by Gasteiger charge is -2.43. The van der Waals surface area contributed by atoms with E-state index in [2.05, 4.69) is 12.2 Å². The molecule has 0 aromatic heterocycles. The van der Waals surface area contributed by atoms with Gasteiger partial charge in [-0.25, -0.2) is 0 Å². The SMILES string of the molecule is CCCC1(C2CCCC2)CCCNC1. The van der Waals surface area contributed by atoms with Crippen LogP contribution in [0.5, 0.6) is 0 Å². The summed E-state index contributed by atoms with van der Waals surface area (Å²) >= 11 is 0. The number of nitrogens with one attached hydrogen (secondary N) is 1. The van der Waals surface area contributed by atoms with Crippen molar-refractivity contribution < 1.29 is 0 Å². The smallest absolute Gasteiger partial charge is 0.00105 e. The first kappa shape index (κ1) is 10.5. The Morgan fingerprint density at radius 1 is 1.21 bits per heavy atom. The molecule has 0 bridgehead atoms. The highest BCUT2D eigenvalue weighted by atomic mass is 14.9. The molecule has 1 N–H and O–H groups in total. The summed E-state index contributed by atoms with van der Waals surface area (Å²) in [6.45, 7) is 4.93. The fraction of sp³-hybridized carbons (Fsp3) is 1.00. The van der Waals surface area contributed by atoms with Crippen LogP contribution in [0.2, 0.25) is 0 Å². The quantitative estimate of drug-likeness (QED) is 0.728. The van der Waals surface area contributed by atoms with E-state index in [0.717, 1.165) is 5.92 Å². The topological polar surface area (TPSA) is 12.0 Å². The predicted molar refractivity (Wildman–Crippen MR) is 61.4 cm³/mol. The molecule has 1 heterocycles. The second-order valence-corrected chi connectivity index (χ2v) is 5.37. The minimum Gasteiger partial charge on any atom is -0.316 e. The fourth-order valence-electron chi connectivity index (χ4n) is 3.79. The summed E-state index contributed by atoms with van der Waals surface area (Å²) in [5, 5.41) is 3.64. The Hall–Kier alpha value is -0.0400. The molecule has 1 saturated heterocycles. The highest BCUT2D eigenvalue weighted by Gasteiger charge is 2.39. The van der Waals surface area contributed by atoms with Gasteiger partial charge in [-0.1, -0.05) is 26.2 Å². The first-order valence-electron chi connectivity index (χ1n) is 6.58. The second-order valence-electron chi connectivity index (χ2n) is 5.37. The third-order valence-corrected chi connectivity index (χ3v) is 4.47. The van der Waals surface area contributed by atoms with Crippen LogP contribution in [-0.2, 0) is 0 Å². The molecule has 2 rings (SSSR count). The molecule has 1 nitrogen and oxygen atoms in total. The summed E-state index contributed by atoms with van der Waals surface area (Å²) in [4.78, 5) is 0. The molecule has 1 aliphatic carbocycles. The van der Waals surface area contributed by atoms with E-state index in [-0.39, 0.29) is 0 Å². The van der Waals surface area contributed by atoms with E-state index in [1.54, 1.807) is 0 Å². The van der Waals surface area contributed by atoms with Gasteiger partial charge in [0.25, 0.3) is 0 Å². The fourth-order valence-corrected chi connectivity index (χ4v) is 3.79. The minimum absolute atomic E-state index is 0.698. The van der Waals surface area contributed by atoms with Gasteiger partial charge in [0.15, 0.2) is 0 Å². The van der Waals surface area contributed by atoms with Gasteiger partial charge in [-0.05, 0) is 50.0 Å². The Balaban J connectivity index is 2.02. The average Bonchev–Trinajstić information content (AvgIpc) is 2.73. The summed E-state index contributed by atoms with van der Waals surface area (Å²) in [7, 11) is 0. The van der Waals surface area contributed by atoms with Crippen LogP contribution in [0.25, 0.3) is 0 Å². The molecule has 2 fully saturated rings. The van der Waals surface area contributed by atoms with Crippen molar-refractivity contribution in [2.75, 3.05) is 13.1 Å². The maximum absolute atomic E-state index is 3.64. The molecule has 82 valence electrons. The van der Waals surface area contributed by atoms with Crippen molar-refractivity contribution in [1.29, 1.82) is 0 Å². The number of hydrogen-bond donors (Lipinski definition) is 1. The van der Waals surface area contributed by atoms with Gasteiger partial charge in [-0.2, -0.15) is 0 Å². The molecular formula is C13H25N. The third-order valence-electron chi connectivity index (χ3n) is 4.47. The van der Waals surface area contributed by atoms with Crippen LogP contribution >= 0.6 is 0 Å². The molecule has 0 spiro atoms. The molecule has 1 atom stereocenters. The first-order chi connectivity index (χ1) is 6.87. The molecule has 0 aromatic rings. The normalized spacial score (nSPS) is 34.9. The van der Waals surface area contributed by atoms with Crippen molar-refractivity contribution in [1.82, 2.24) is 5.32 Å². The first-order valence-corrected chi connectivity index (χ1v) is 6.58. The van der Waals surface area contributed by atoms with Gasteiger partial charge >= 0.3 is 0 Å². The number of piperidine rings is 1. The van der Waals surface area contributed by atoms with Gasteiger partial charge in [0.1, 0.15) is 0 Å². The predicted octanol–water partition coefficient (Wildman–Crippen LogP) is 3.35. The Bertz CT molecular complexity index is 159. The van der Waals surface area contributed by atoms with Crippen LogP contribution < -0.4 is 5.32 Å². The summed E-state index contributed by atoms with van der Waals surface area (Å²) in [5.41, 5.74) is 0.698. The molecule has 2 aliphatic rings. The summed E-state index contributed by atoms with van der Waals surface area (Å²) in [6.07, 6.45) is 11.8. The Labute approximate surface area is 88.7 Å². The summed E-state index contributed by atoms with van der Waals surface area (Å²) < 4.78 is 0. The maximum Gasteiger partial charge on any atom is 0.00105 e. The molecule has 1 saturated carbocycles. The van der Waals surface area contributed by atoms with E-state index in [1.165, 1.54) is 64.5 Å². The molecule has 1 aliphatic heterocycles. The zero-order valence-corrected chi connectivity index (χ0v) is 9.65. The minimum atomic E-state index is 0.698. The van der Waals surface area contributed by atoms with E-state index >= 15 is 0 Å². The van der Waals surface area contributed by atoms with Crippen molar-refractivity contribution in [2.24, 2.45) is 11.3 Å². The zero-order chi connectivity index (χ0) is 9.86. The molecule has 0 aromatic carbocycles. The molecule has 1 heteroatoms. The van der Waals surface area contributed by atoms with Crippen molar-refractivity contribution in [3.8, 4) is 0 Å². The van der Waals surface area contributed by atoms with Gasteiger partial charge < -0.3 is 5.32 Å².